The van der Waals surface area contributed by atoms with Crippen molar-refractivity contribution in [3.05, 3.63) is 60.7 Å². The van der Waals surface area contributed by atoms with E-state index in [0.717, 1.165) is 5.56 Å². The van der Waals surface area contributed by atoms with Crippen LogP contribution in [0.3, 0.4) is 0 Å². The van der Waals surface area contributed by atoms with Gasteiger partial charge in [0.25, 0.3) is 0 Å². The first kappa shape index (κ1) is 19.1. The summed E-state index contributed by atoms with van der Waals surface area (Å²) in [7, 11) is -1.37. The molecule has 2 aromatic carbocycles. The average molecular weight is 384 g/mol. The van der Waals surface area contributed by atoms with Crippen molar-refractivity contribution in [3.63, 3.8) is 0 Å². The molecule has 140 valence electrons. The molecule has 1 atom stereocenters. The van der Waals surface area contributed by atoms with Gasteiger partial charge >= 0.3 is 0 Å². The largest absolute Gasteiger partial charge is 0.368 e. The predicted octanol–water partition coefficient (Wildman–Crippen LogP) is 3.80. The summed E-state index contributed by atoms with van der Waals surface area (Å²) >= 11 is 0. The topological polar surface area (TPSA) is 80.9 Å². The van der Waals surface area contributed by atoms with Crippen molar-refractivity contribution in [2.24, 2.45) is 5.92 Å². The van der Waals surface area contributed by atoms with Crippen LogP contribution < -0.4 is 10.5 Å². The van der Waals surface area contributed by atoms with Crippen molar-refractivity contribution in [1.82, 2.24) is 14.7 Å². The van der Waals surface area contributed by atoms with Crippen molar-refractivity contribution in [2.75, 3.05) is 12.3 Å². The molecule has 0 fully saturated rings. The van der Waals surface area contributed by atoms with E-state index in [1.54, 1.807) is 18.2 Å². The summed E-state index contributed by atoms with van der Waals surface area (Å²) < 4.78 is 30.4. The summed E-state index contributed by atoms with van der Waals surface area (Å²) in [4.78, 5) is 8.43. The van der Waals surface area contributed by atoms with Gasteiger partial charge in [-0.3, -0.25) is 0 Å². The molecule has 1 aromatic heterocycles. The summed E-state index contributed by atoms with van der Waals surface area (Å²) in [6.45, 7) is 4.72. The zero-order valence-electron chi connectivity index (χ0n) is 15.1. The molecule has 0 saturated carbocycles. The van der Waals surface area contributed by atoms with Gasteiger partial charge in [-0.1, -0.05) is 44.2 Å². The highest BCUT2D eigenvalue weighted by molar-refractivity contribution is 7.83. The number of rotatable bonds is 6. The van der Waals surface area contributed by atoms with Gasteiger partial charge in [0.05, 0.1) is 4.90 Å². The lowest BCUT2D eigenvalue weighted by Gasteiger charge is -2.12. The van der Waals surface area contributed by atoms with E-state index in [2.05, 4.69) is 14.7 Å². The number of nitrogens with two attached hydrogens (primary N) is 1. The molecule has 5 nitrogen and oxygen atoms in total. The predicted molar refractivity (Wildman–Crippen MR) is 107 cm³/mol. The van der Waals surface area contributed by atoms with E-state index in [1.807, 2.05) is 32.0 Å². The highest BCUT2D eigenvalue weighted by atomic mass is 32.2. The van der Waals surface area contributed by atoms with Gasteiger partial charge in [0.15, 0.2) is 0 Å². The summed E-state index contributed by atoms with van der Waals surface area (Å²) in [6.07, 6.45) is 2.97. The number of hydrogen-bond donors (Lipinski definition) is 2. The third-order valence-corrected chi connectivity index (χ3v) is 5.16. The second kappa shape index (κ2) is 8.37. The number of aromatic nitrogens is 2. The highest BCUT2D eigenvalue weighted by Gasteiger charge is 2.14. The molecule has 0 aliphatic rings. The monoisotopic (exact) mass is 384 g/mol. The maximum absolute atomic E-state index is 14.7. The van der Waals surface area contributed by atoms with E-state index in [9.17, 15) is 8.60 Å². The molecule has 0 aliphatic heterocycles. The third-order valence-electron chi connectivity index (χ3n) is 3.97. The van der Waals surface area contributed by atoms with E-state index >= 15 is 0 Å². The fourth-order valence-electron chi connectivity index (χ4n) is 2.58. The molecule has 27 heavy (non-hydrogen) atoms. The minimum absolute atomic E-state index is 0.140. The summed E-state index contributed by atoms with van der Waals surface area (Å²) in [5.74, 6) is 0.109. The van der Waals surface area contributed by atoms with Crippen molar-refractivity contribution < 1.29 is 8.60 Å². The van der Waals surface area contributed by atoms with Crippen LogP contribution in [0.2, 0.25) is 0 Å². The van der Waals surface area contributed by atoms with Gasteiger partial charge in [-0.15, -0.1) is 0 Å². The Labute approximate surface area is 160 Å². The van der Waals surface area contributed by atoms with Gasteiger partial charge in [0.2, 0.25) is 5.95 Å². The molecule has 1 heterocycles. The van der Waals surface area contributed by atoms with Crippen molar-refractivity contribution in [1.29, 1.82) is 0 Å². The summed E-state index contributed by atoms with van der Waals surface area (Å²) in [6, 6.07) is 12.2. The molecule has 0 aliphatic carbocycles. The Morgan fingerprint density at radius 1 is 1.07 bits per heavy atom. The van der Waals surface area contributed by atoms with Crippen LogP contribution in [-0.4, -0.2) is 20.7 Å². The molecule has 3 N–H and O–H groups in total. The lowest BCUT2D eigenvalue weighted by molar-refractivity contribution is 0.616. The average Bonchev–Trinajstić information content (AvgIpc) is 2.67. The highest BCUT2D eigenvalue weighted by Crippen LogP contribution is 2.30. The van der Waals surface area contributed by atoms with Gasteiger partial charge in [-0.2, -0.15) is 0 Å². The van der Waals surface area contributed by atoms with Gasteiger partial charge in [-0.05, 0) is 29.2 Å². The number of hydrogen-bond acceptors (Lipinski definition) is 4. The van der Waals surface area contributed by atoms with Crippen LogP contribution in [0.25, 0.3) is 22.3 Å². The standard InChI is InChI=1S/C20H21FN4OS/c1-13(2)10-25-27(26)19-6-4-3-5-17(19)14-7-8-16(18(21)9-14)15-11-23-20(22)24-12-15/h3-9,11-13,25H,10H2,1-2H3,(H2,22,23,24). The number of benzene rings is 2. The Bertz CT molecular complexity index is 960. The fourth-order valence-corrected chi connectivity index (χ4v) is 3.81. The first-order chi connectivity index (χ1) is 13.0. The molecular formula is C20H21FN4OS. The Balaban J connectivity index is 1.94. The van der Waals surface area contributed by atoms with Crippen LogP contribution in [0.15, 0.2) is 59.8 Å². The Kier molecular flexibility index (Phi) is 5.93. The zero-order valence-corrected chi connectivity index (χ0v) is 16.0. The molecule has 0 saturated heterocycles. The normalized spacial score (nSPS) is 12.3. The van der Waals surface area contributed by atoms with Crippen LogP contribution in [0, 0.1) is 11.7 Å². The fraction of sp³-hybridized carbons (Fsp3) is 0.200. The molecule has 0 radical (unpaired) electrons. The minimum atomic E-state index is -1.37. The number of halogens is 1. The van der Waals surface area contributed by atoms with Gasteiger partial charge < -0.3 is 5.73 Å². The van der Waals surface area contributed by atoms with Crippen LogP contribution in [0.4, 0.5) is 10.3 Å². The van der Waals surface area contributed by atoms with Crippen molar-refractivity contribution in [3.8, 4) is 22.3 Å². The Hall–Kier alpha value is -2.64. The molecule has 3 rings (SSSR count). The second-order valence-corrected chi connectivity index (χ2v) is 7.80. The van der Waals surface area contributed by atoms with Gasteiger partial charge in [0.1, 0.15) is 16.8 Å². The molecular weight excluding hydrogens is 363 g/mol. The molecule has 1 unspecified atom stereocenters. The Morgan fingerprint density at radius 3 is 2.44 bits per heavy atom. The van der Waals surface area contributed by atoms with Gasteiger partial charge in [-0.25, -0.2) is 23.3 Å². The first-order valence-electron chi connectivity index (χ1n) is 8.58. The maximum atomic E-state index is 14.7. The zero-order chi connectivity index (χ0) is 19.4. The van der Waals surface area contributed by atoms with Gasteiger partial charge in [0, 0.05) is 30.1 Å². The van der Waals surface area contributed by atoms with Crippen LogP contribution >= 0.6 is 0 Å². The van der Waals surface area contributed by atoms with E-state index in [1.165, 1.54) is 18.5 Å². The van der Waals surface area contributed by atoms with E-state index in [-0.39, 0.29) is 5.95 Å². The quantitative estimate of drug-likeness (QED) is 0.677. The van der Waals surface area contributed by atoms with E-state index in [4.69, 9.17) is 5.73 Å². The third kappa shape index (κ3) is 4.56. The summed E-state index contributed by atoms with van der Waals surface area (Å²) in [5, 5.41) is 0. The number of nitrogens with zero attached hydrogens (tertiary/aromatic N) is 2. The second-order valence-electron chi connectivity index (χ2n) is 6.53. The minimum Gasteiger partial charge on any atom is -0.368 e. The van der Waals surface area contributed by atoms with E-state index < -0.39 is 16.8 Å². The number of nitrogen functional groups attached to an aromatic ring is 1. The molecule has 0 bridgehead atoms. The van der Waals surface area contributed by atoms with Crippen molar-refractivity contribution in [2.45, 2.75) is 18.7 Å². The molecule has 0 spiro atoms. The number of nitrogens with one attached hydrogen (secondary N) is 1. The number of anilines is 1. The van der Waals surface area contributed by atoms with Crippen LogP contribution in [0.5, 0.6) is 0 Å². The summed E-state index contributed by atoms with van der Waals surface area (Å²) in [5.41, 5.74) is 7.79. The lowest BCUT2D eigenvalue weighted by atomic mass is 10.0. The maximum Gasteiger partial charge on any atom is 0.219 e. The van der Waals surface area contributed by atoms with Crippen molar-refractivity contribution >= 4 is 16.9 Å². The molecule has 7 heteroatoms. The SMILES string of the molecule is CC(C)CNS(=O)c1ccccc1-c1ccc(-c2cnc(N)nc2)c(F)c1. The lowest BCUT2D eigenvalue weighted by Crippen LogP contribution is -2.22. The van der Waals surface area contributed by atoms with Crippen LogP contribution in [-0.2, 0) is 11.0 Å². The smallest absolute Gasteiger partial charge is 0.219 e. The molecule has 0 amide bonds. The Morgan fingerprint density at radius 2 is 1.78 bits per heavy atom. The van der Waals surface area contributed by atoms with Crippen LogP contribution in [0.1, 0.15) is 13.8 Å². The van der Waals surface area contributed by atoms with E-state index in [0.29, 0.717) is 34.0 Å². The molecule has 3 aromatic rings. The first-order valence-corrected chi connectivity index (χ1v) is 9.73.